The Hall–Kier alpha value is -1.93. The fourth-order valence-corrected chi connectivity index (χ4v) is 2.17. The lowest BCUT2D eigenvalue weighted by atomic mass is 10.2. The van der Waals surface area contributed by atoms with Crippen LogP contribution in [0.25, 0.3) is 10.9 Å². The first-order valence-electron chi connectivity index (χ1n) is 5.87. The standard InChI is InChI=1S/C15H13ClN2/c16-12-5-7-13(8-6-12)17-9-11-10-18-15-4-2-1-3-14(11)15/h1-8,10,17-18H,9H2. The van der Waals surface area contributed by atoms with Crippen LogP contribution in [0.1, 0.15) is 5.56 Å². The van der Waals surface area contributed by atoms with E-state index in [2.05, 4.69) is 28.5 Å². The topological polar surface area (TPSA) is 27.8 Å². The lowest BCUT2D eigenvalue weighted by Gasteiger charge is -2.05. The van der Waals surface area contributed by atoms with Gasteiger partial charge in [-0.25, -0.2) is 0 Å². The van der Waals surface area contributed by atoms with Crippen LogP contribution in [-0.4, -0.2) is 4.98 Å². The van der Waals surface area contributed by atoms with Crippen LogP contribution >= 0.6 is 11.6 Å². The Labute approximate surface area is 111 Å². The van der Waals surface area contributed by atoms with Gasteiger partial charge >= 0.3 is 0 Å². The summed E-state index contributed by atoms with van der Waals surface area (Å²) in [6.45, 7) is 0.797. The van der Waals surface area contributed by atoms with Crippen LogP contribution in [0.4, 0.5) is 5.69 Å². The van der Waals surface area contributed by atoms with E-state index in [1.54, 1.807) is 0 Å². The molecule has 0 aliphatic rings. The van der Waals surface area contributed by atoms with E-state index in [0.29, 0.717) is 0 Å². The normalized spacial score (nSPS) is 10.7. The van der Waals surface area contributed by atoms with Crippen LogP contribution in [0.5, 0.6) is 0 Å². The van der Waals surface area contributed by atoms with Gasteiger partial charge in [0.15, 0.2) is 0 Å². The molecule has 18 heavy (non-hydrogen) atoms. The van der Waals surface area contributed by atoms with Crippen molar-refractivity contribution in [3.63, 3.8) is 0 Å². The third-order valence-electron chi connectivity index (χ3n) is 3.00. The zero-order chi connectivity index (χ0) is 12.4. The molecule has 0 bridgehead atoms. The average molecular weight is 257 g/mol. The van der Waals surface area contributed by atoms with Crippen LogP contribution in [0.2, 0.25) is 5.02 Å². The third kappa shape index (κ3) is 2.20. The number of aromatic nitrogens is 1. The van der Waals surface area contributed by atoms with E-state index < -0.39 is 0 Å². The van der Waals surface area contributed by atoms with E-state index >= 15 is 0 Å². The number of aromatic amines is 1. The number of fused-ring (bicyclic) bond motifs is 1. The predicted molar refractivity (Wildman–Crippen MR) is 77.1 cm³/mol. The van der Waals surface area contributed by atoms with Crippen molar-refractivity contribution >= 4 is 28.2 Å². The van der Waals surface area contributed by atoms with Gasteiger partial charge in [0, 0.05) is 34.4 Å². The minimum atomic E-state index is 0.757. The number of rotatable bonds is 3. The van der Waals surface area contributed by atoms with Gasteiger partial charge in [-0.05, 0) is 35.9 Å². The number of benzene rings is 2. The minimum Gasteiger partial charge on any atom is -0.381 e. The van der Waals surface area contributed by atoms with Crippen LogP contribution in [0.3, 0.4) is 0 Å². The molecule has 0 saturated carbocycles. The van der Waals surface area contributed by atoms with E-state index in [4.69, 9.17) is 11.6 Å². The summed E-state index contributed by atoms with van der Waals surface area (Å²) in [4.78, 5) is 3.27. The summed E-state index contributed by atoms with van der Waals surface area (Å²) in [5.74, 6) is 0. The van der Waals surface area contributed by atoms with Gasteiger partial charge in [0.2, 0.25) is 0 Å². The number of anilines is 1. The second-order valence-electron chi connectivity index (χ2n) is 4.22. The number of para-hydroxylation sites is 1. The SMILES string of the molecule is Clc1ccc(NCc2c[nH]c3ccccc23)cc1. The van der Waals surface area contributed by atoms with E-state index in [-0.39, 0.29) is 0 Å². The first-order chi connectivity index (χ1) is 8.83. The molecule has 0 aliphatic carbocycles. The van der Waals surface area contributed by atoms with Crippen molar-refractivity contribution in [1.82, 2.24) is 4.98 Å². The Kier molecular flexibility index (Phi) is 2.95. The van der Waals surface area contributed by atoms with Gasteiger partial charge in [0.25, 0.3) is 0 Å². The van der Waals surface area contributed by atoms with E-state index in [0.717, 1.165) is 17.3 Å². The Morgan fingerprint density at radius 3 is 2.61 bits per heavy atom. The summed E-state index contributed by atoms with van der Waals surface area (Å²) in [5, 5.41) is 5.41. The van der Waals surface area contributed by atoms with Crippen LogP contribution in [0, 0.1) is 0 Å². The summed E-state index contributed by atoms with van der Waals surface area (Å²) < 4.78 is 0. The monoisotopic (exact) mass is 256 g/mol. The highest BCUT2D eigenvalue weighted by atomic mass is 35.5. The van der Waals surface area contributed by atoms with Crippen molar-refractivity contribution in [3.05, 3.63) is 65.3 Å². The van der Waals surface area contributed by atoms with Gasteiger partial charge in [-0.2, -0.15) is 0 Å². The van der Waals surface area contributed by atoms with Gasteiger partial charge in [-0.3, -0.25) is 0 Å². The number of hydrogen-bond donors (Lipinski definition) is 2. The zero-order valence-electron chi connectivity index (χ0n) is 9.78. The van der Waals surface area contributed by atoms with Crippen molar-refractivity contribution in [2.75, 3.05) is 5.32 Å². The fourth-order valence-electron chi connectivity index (χ4n) is 2.04. The molecule has 0 amide bonds. The molecular formula is C15H13ClN2. The molecule has 2 nitrogen and oxygen atoms in total. The molecule has 3 heteroatoms. The summed E-state index contributed by atoms with van der Waals surface area (Å²) in [6, 6.07) is 16.1. The van der Waals surface area contributed by atoms with Crippen LogP contribution < -0.4 is 5.32 Å². The van der Waals surface area contributed by atoms with Gasteiger partial charge in [0.1, 0.15) is 0 Å². The molecule has 0 aliphatic heterocycles. The Morgan fingerprint density at radius 2 is 1.78 bits per heavy atom. The van der Waals surface area contributed by atoms with Crippen LogP contribution in [0.15, 0.2) is 54.7 Å². The maximum absolute atomic E-state index is 5.86. The largest absolute Gasteiger partial charge is 0.381 e. The first kappa shape index (κ1) is 11.2. The summed E-state index contributed by atoms with van der Waals surface area (Å²) >= 11 is 5.86. The number of hydrogen-bond acceptors (Lipinski definition) is 1. The quantitative estimate of drug-likeness (QED) is 0.713. The van der Waals surface area contributed by atoms with Gasteiger partial charge < -0.3 is 10.3 Å². The third-order valence-corrected chi connectivity index (χ3v) is 3.25. The molecule has 2 aromatic carbocycles. The Balaban J connectivity index is 1.79. The molecule has 0 saturated heterocycles. The smallest absolute Gasteiger partial charge is 0.0457 e. The second kappa shape index (κ2) is 4.75. The van der Waals surface area contributed by atoms with Crippen molar-refractivity contribution in [2.45, 2.75) is 6.54 Å². The number of H-pyrrole nitrogens is 1. The van der Waals surface area contributed by atoms with Crippen molar-refractivity contribution in [3.8, 4) is 0 Å². The molecule has 0 unspecified atom stereocenters. The molecule has 0 atom stereocenters. The zero-order valence-corrected chi connectivity index (χ0v) is 10.5. The number of nitrogens with one attached hydrogen (secondary N) is 2. The first-order valence-corrected chi connectivity index (χ1v) is 6.25. The molecule has 0 radical (unpaired) electrons. The van der Waals surface area contributed by atoms with Crippen molar-refractivity contribution < 1.29 is 0 Å². The fraction of sp³-hybridized carbons (Fsp3) is 0.0667. The maximum Gasteiger partial charge on any atom is 0.0457 e. The molecule has 1 aromatic heterocycles. The van der Waals surface area contributed by atoms with Gasteiger partial charge in [-0.15, -0.1) is 0 Å². The van der Waals surface area contributed by atoms with Gasteiger partial charge in [0.05, 0.1) is 0 Å². The second-order valence-corrected chi connectivity index (χ2v) is 4.66. The molecule has 90 valence electrons. The highest BCUT2D eigenvalue weighted by Crippen LogP contribution is 2.19. The summed E-state index contributed by atoms with van der Waals surface area (Å²) in [5.41, 5.74) is 3.51. The molecule has 0 fully saturated rings. The Morgan fingerprint density at radius 1 is 1.00 bits per heavy atom. The van der Waals surface area contributed by atoms with E-state index in [1.807, 2.05) is 36.5 Å². The molecule has 3 aromatic rings. The molecule has 2 N–H and O–H groups in total. The minimum absolute atomic E-state index is 0.757. The maximum atomic E-state index is 5.86. The predicted octanol–water partition coefficient (Wildman–Crippen LogP) is 4.43. The van der Waals surface area contributed by atoms with Gasteiger partial charge in [-0.1, -0.05) is 29.8 Å². The van der Waals surface area contributed by atoms with Crippen LogP contribution in [-0.2, 0) is 6.54 Å². The Bertz CT molecular complexity index is 656. The molecule has 0 spiro atoms. The summed E-state index contributed by atoms with van der Waals surface area (Å²) in [6.07, 6.45) is 2.05. The lowest BCUT2D eigenvalue weighted by Crippen LogP contribution is -1.98. The average Bonchev–Trinajstić information content (AvgIpc) is 2.82. The molecule has 1 heterocycles. The highest BCUT2D eigenvalue weighted by Gasteiger charge is 2.02. The van der Waals surface area contributed by atoms with Crippen molar-refractivity contribution in [2.24, 2.45) is 0 Å². The van der Waals surface area contributed by atoms with E-state index in [9.17, 15) is 0 Å². The van der Waals surface area contributed by atoms with Crippen molar-refractivity contribution in [1.29, 1.82) is 0 Å². The summed E-state index contributed by atoms with van der Waals surface area (Å²) in [7, 11) is 0. The molecule has 3 rings (SSSR count). The lowest BCUT2D eigenvalue weighted by molar-refractivity contribution is 1.16. The number of halogens is 1. The molecular weight excluding hydrogens is 244 g/mol. The highest BCUT2D eigenvalue weighted by molar-refractivity contribution is 6.30. The van der Waals surface area contributed by atoms with E-state index in [1.165, 1.54) is 16.5 Å².